The van der Waals surface area contributed by atoms with Gasteiger partial charge in [0.05, 0.1) is 25.4 Å². The van der Waals surface area contributed by atoms with Crippen LogP contribution in [0.2, 0.25) is 0 Å². The van der Waals surface area contributed by atoms with E-state index in [1.807, 2.05) is 0 Å². The molecule has 1 amide bonds. The van der Waals surface area contributed by atoms with Crippen molar-refractivity contribution in [3.05, 3.63) is 36.5 Å². The van der Waals surface area contributed by atoms with Crippen molar-refractivity contribution in [1.82, 2.24) is 5.32 Å². The summed E-state index contributed by atoms with van der Waals surface area (Å²) < 4.78 is 5.43. The average Bonchev–Trinajstić information content (AvgIpc) is 3.14. The van der Waals surface area contributed by atoms with Crippen LogP contribution in [0.3, 0.4) is 0 Å². The van der Waals surface area contributed by atoms with E-state index in [1.165, 1.54) is 109 Å². The standard InChI is InChI=1S/C46H85NO5/c1-3-5-7-9-11-13-14-15-16-17-18-19-20-24-28-32-36-40-46(51)52-41-37-33-29-25-21-23-27-31-35-39-45(50)47-43(42-48)44(49)38-34-30-26-22-12-10-8-6-4-2/h11,13,15-16,23,27,43-44,48-49H,3-10,12,14,17-22,24-26,28-42H2,1-2H3,(H,47,50)/b13-11-,16-15-,27-23-. The number of ether oxygens (including phenoxy) is 1. The van der Waals surface area contributed by atoms with Crippen molar-refractivity contribution < 1.29 is 24.5 Å². The average molecular weight is 732 g/mol. The van der Waals surface area contributed by atoms with Gasteiger partial charge in [-0.2, -0.15) is 0 Å². The van der Waals surface area contributed by atoms with Crippen LogP contribution < -0.4 is 5.32 Å². The van der Waals surface area contributed by atoms with Crippen LogP contribution in [0.5, 0.6) is 0 Å². The number of aliphatic hydroxyl groups is 2. The Labute approximate surface area is 322 Å². The molecule has 0 rings (SSSR count). The van der Waals surface area contributed by atoms with E-state index in [4.69, 9.17) is 4.74 Å². The summed E-state index contributed by atoms with van der Waals surface area (Å²) >= 11 is 0. The zero-order valence-corrected chi connectivity index (χ0v) is 34.3. The fourth-order valence-corrected chi connectivity index (χ4v) is 6.43. The molecule has 0 aromatic rings. The number of aliphatic hydroxyl groups excluding tert-OH is 2. The Morgan fingerprint density at radius 2 is 0.981 bits per heavy atom. The van der Waals surface area contributed by atoms with Crippen molar-refractivity contribution in [2.75, 3.05) is 13.2 Å². The van der Waals surface area contributed by atoms with Crippen LogP contribution in [0.1, 0.15) is 219 Å². The van der Waals surface area contributed by atoms with Gasteiger partial charge in [0.2, 0.25) is 5.91 Å². The summed E-state index contributed by atoms with van der Waals surface area (Å²) in [5.41, 5.74) is 0. The summed E-state index contributed by atoms with van der Waals surface area (Å²) in [6.45, 7) is 4.79. The topological polar surface area (TPSA) is 95.9 Å². The molecular weight excluding hydrogens is 647 g/mol. The Balaban J connectivity index is 3.54. The Hall–Kier alpha value is -1.92. The van der Waals surface area contributed by atoms with Gasteiger partial charge in [-0.25, -0.2) is 0 Å². The molecule has 0 radical (unpaired) electrons. The first-order valence-corrected chi connectivity index (χ1v) is 22.2. The Bertz CT molecular complexity index is 854. The molecule has 0 aromatic heterocycles. The summed E-state index contributed by atoms with van der Waals surface area (Å²) in [6.07, 6.45) is 48.2. The number of carbonyl (C=O) groups excluding carboxylic acids is 2. The van der Waals surface area contributed by atoms with Crippen LogP contribution >= 0.6 is 0 Å². The Kier molecular flexibility index (Phi) is 40.3. The number of hydrogen-bond donors (Lipinski definition) is 3. The van der Waals surface area contributed by atoms with E-state index in [9.17, 15) is 19.8 Å². The lowest BCUT2D eigenvalue weighted by Crippen LogP contribution is -2.45. The highest BCUT2D eigenvalue weighted by Crippen LogP contribution is 2.14. The molecule has 0 bridgehead atoms. The molecule has 304 valence electrons. The lowest BCUT2D eigenvalue weighted by Gasteiger charge is -2.22. The second kappa shape index (κ2) is 41.8. The van der Waals surface area contributed by atoms with Crippen LogP contribution in [0.15, 0.2) is 36.5 Å². The van der Waals surface area contributed by atoms with Crippen LogP contribution in [0.25, 0.3) is 0 Å². The second-order valence-electron chi connectivity index (χ2n) is 15.0. The SMILES string of the molecule is CCCCC/C=C\C/C=C\CCCCCCCCCC(=O)OCCCCCC/C=C\CCCC(=O)NC(CO)C(O)CCCCCCCCCCC. The maximum Gasteiger partial charge on any atom is 0.305 e. The Morgan fingerprint density at radius 1 is 0.538 bits per heavy atom. The fraction of sp³-hybridized carbons (Fsp3) is 0.826. The number of esters is 1. The molecule has 52 heavy (non-hydrogen) atoms. The maximum absolute atomic E-state index is 12.3. The third-order valence-corrected chi connectivity index (χ3v) is 9.91. The van der Waals surface area contributed by atoms with Crippen molar-refractivity contribution in [2.45, 2.75) is 231 Å². The third-order valence-electron chi connectivity index (χ3n) is 9.91. The van der Waals surface area contributed by atoms with E-state index < -0.39 is 12.1 Å². The first kappa shape index (κ1) is 50.1. The highest BCUT2D eigenvalue weighted by atomic mass is 16.5. The van der Waals surface area contributed by atoms with Crippen molar-refractivity contribution in [1.29, 1.82) is 0 Å². The molecule has 0 aromatic carbocycles. The van der Waals surface area contributed by atoms with Gasteiger partial charge in [-0.05, 0) is 77.0 Å². The largest absolute Gasteiger partial charge is 0.466 e. The van der Waals surface area contributed by atoms with Crippen LogP contribution in [0, 0.1) is 0 Å². The van der Waals surface area contributed by atoms with Crippen molar-refractivity contribution in [3.8, 4) is 0 Å². The van der Waals surface area contributed by atoms with Gasteiger partial charge in [-0.1, -0.05) is 166 Å². The summed E-state index contributed by atoms with van der Waals surface area (Å²) in [4.78, 5) is 24.3. The maximum atomic E-state index is 12.3. The predicted octanol–water partition coefficient (Wildman–Crippen LogP) is 12.6. The quantitative estimate of drug-likeness (QED) is 0.0331. The molecule has 6 heteroatoms. The molecule has 0 fully saturated rings. The van der Waals surface area contributed by atoms with E-state index >= 15 is 0 Å². The molecular formula is C46H85NO5. The number of nitrogens with one attached hydrogen (secondary N) is 1. The predicted molar refractivity (Wildman–Crippen MR) is 222 cm³/mol. The van der Waals surface area contributed by atoms with Crippen LogP contribution in [-0.2, 0) is 14.3 Å². The van der Waals surface area contributed by atoms with Gasteiger partial charge < -0.3 is 20.3 Å². The normalized spacial score (nSPS) is 13.1. The molecule has 3 N–H and O–H groups in total. The number of amides is 1. The number of allylic oxidation sites excluding steroid dienone is 6. The summed E-state index contributed by atoms with van der Waals surface area (Å²) in [5, 5.41) is 22.9. The summed E-state index contributed by atoms with van der Waals surface area (Å²) in [7, 11) is 0. The Morgan fingerprint density at radius 3 is 1.56 bits per heavy atom. The first-order valence-electron chi connectivity index (χ1n) is 22.2. The molecule has 0 heterocycles. The van der Waals surface area contributed by atoms with E-state index in [-0.39, 0.29) is 18.5 Å². The number of unbranched alkanes of at least 4 members (excludes halogenated alkanes) is 23. The third kappa shape index (κ3) is 37.8. The molecule has 0 spiro atoms. The molecule has 2 atom stereocenters. The van der Waals surface area contributed by atoms with E-state index in [1.54, 1.807) is 0 Å². The van der Waals surface area contributed by atoms with E-state index in [2.05, 4.69) is 55.6 Å². The minimum absolute atomic E-state index is 0.0450. The number of carbonyl (C=O) groups is 2. The van der Waals surface area contributed by atoms with Crippen molar-refractivity contribution >= 4 is 11.9 Å². The summed E-state index contributed by atoms with van der Waals surface area (Å²) in [6, 6.07) is -0.577. The van der Waals surface area contributed by atoms with Gasteiger partial charge >= 0.3 is 5.97 Å². The minimum Gasteiger partial charge on any atom is -0.466 e. The lowest BCUT2D eigenvalue weighted by molar-refractivity contribution is -0.143. The van der Waals surface area contributed by atoms with Crippen molar-refractivity contribution in [3.63, 3.8) is 0 Å². The number of rotatable bonds is 40. The van der Waals surface area contributed by atoms with Crippen LogP contribution in [0.4, 0.5) is 0 Å². The smallest absolute Gasteiger partial charge is 0.305 e. The van der Waals surface area contributed by atoms with Gasteiger partial charge in [0.15, 0.2) is 0 Å². The minimum atomic E-state index is -0.693. The van der Waals surface area contributed by atoms with E-state index in [0.29, 0.717) is 25.9 Å². The molecule has 0 aliphatic rings. The van der Waals surface area contributed by atoms with E-state index in [0.717, 1.165) is 77.0 Å². The summed E-state index contributed by atoms with van der Waals surface area (Å²) in [5.74, 6) is -0.146. The molecule has 6 nitrogen and oxygen atoms in total. The highest BCUT2D eigenvalue weighted by Gasteiger charge is 2.19. The first-order chi connectivity index (χ1) is 25.5. The molecule has 0 saturated carbocycles. The monoisotopic (exact) mass is 732 g/mol. The van der Waals surface area contributed by atoms with Crippen molar-refractivity contribution in [2.24, 2.45) is 0 Å². The fourth-order valence-electron chi connectivity index (χ4n) is 6.43. The molecule has 0 aliphatic heterocycles. The molecule has 0 aliphatic carbocycles. The van der Waals surface area contributed by atoms with Crippen LogP contribution in [-0.4, -0.2) is 47.4 Å². The lowest BCUT2D eigenvalue weighted by atomic mass is 10.0. The number of hydrogen-bond acceptors (Lipinski definition) is 5. The van der Waals surface area contributed by atoms with Gasteiger partial charge in [0, 0.05) is 12.8 Å². The highest BCUT2D eigenvalue weighted by molar-refractivity contribution is 5.76. The van der Waals surface area contributed by atoms with Gasteiger partial charge in [0.25, 0.3) is 0 Å². The van der Waals surface area contributed by atoms with Gasteiger partial charge in [0.1, 0.15) is 0 Å². The zero-order chi connectivity index (χ0) is 38.0. The molecule has 2 unspecified atom stereocenters. The zero-order valence-electron chi connectivity index (χ0n) is 34.3. The molecule has 0 saturated heterocycles. The second-order valence-corrected chi connectivity index (χ2v) is 15.0. The van der Waals surface area contributed by atoms with Gasteiger partial charge in [-0.15, -0.1) is 0 Å². The van der Waals surface area contributed by atoms with Gasteiger partial charge in [-0.3, -0.25) is 9.59 Å².